The van der Waals surface area contributed by atoms with Crippen molar-refractivity contribution in [2.75, 3.05) is 0 Å². The number of halogens is 2. The maximum Gasteiger partial charge on any atom is 0.271 e. The Morgan fingerprint density at radius 1 is 1.00 bits per heavy atom. The third kappa shape index (κ3) is 3.39. The van der Waals surface area contributed by atoms with Gasteiger partial charge in [-0.2, -0.15) is 0 Å². The van der Waals surface area contributed by atoms with Crippen molar-refractivity contribution in [3.63, 3.8) is 0 Å². The molecule has 0 saturated carbocycles. The quantitative estimate of drug-likeness (QED) is 0.340. The van der Waals surface area contributed by atoms with Crippen LogP contribution in [0.2, 0.25) is 0 Å². The Morgan fingerprint density at radius 2 is 1.73 bits per heavy atom. The fraction of sp³-hybridized carbons (Fsp3) is 0.0455. The molecule has 0 atom stereocenters. The van der Waals surface area contributed by atoms with Gasteiger partial charge in [0.25, 0.3) is 5.69 Å². The normalized spacial score (nSPS) is 10.9. The van der Waals surface area contributed by atoms with Crippen molar-refractivity contribution in [2.45, 2.75) is 6.92 Å². The van der Waals surface area contributed by atoms with Crippen LogP contribution >= 0.6 is 0 Å². The zero-order chi connectivity index (χ0) is 21.4. The number of pyridine rings is 1. The molecule has 30 heavy (non-hydrogen) atoms. The Kier molecular flexibility index (Phi) is 4.75. The van der Waals surface area contributed by atoms with Crippen LogP contribution in [-0.2, 0) is 0 Å². The third-order valence-electron chi connectivity index (χ3n) is 4.62. The molecule has 1 aromatic heterocycles. The Balaban J connectivity index is 1.98. The average molecular weight is 408 g/mol. The predicted molar refractivity (Wildman–Crippen MR) is 107 cm³/mol. The highest BCUT2D eigenvalue weighted by Crippen LogP contribution is 2.34. The van der Waals surface area contributed by atoms with Gasteiger partial charge in [0.2, 0.25) is 0 Å². The Hall–Kier alpha value is -4.07. The Morgan fingerprint density at radius 3 is 2.47 bits per heavy atom. The Labute approximate surface area is 168 Å². The van der Waals surface area contributed by atoms with Gasteiger partial charge < -0.3 is 9.30 Å². The number of aryl methyl sites for hydroxylation is 1. The smallest absolute Gasteiger partial charge is 0.271 e. The SMILES string of the molecule is Cc1cn(-c2cc([N+](=O)[O-])ccc2Oc2ccc(F)cc2F)c2ccccc2c1=O. The van der Waals surface area contributed by atoms with Crippen LogP contribution in [0, 0.1) is 28.7 Å². The van der Waals surface area contributed by atoms with Gasteiger partial charge in [-0.05, 0) is 37.3 Å². The molecule has 6 nitrogen and oxygen atoms in total. The summed E-state index contributed by atoms with van der Waals surface area (Å²) in [5.74, 6) is -1.82. The first-order valence-corrected chi connectivity index (χ1v) is 8.88. The van der Waals surface area contributed by atoms with E-state index in [0.29, 0.717) is 22.5 Å². The largest absolute Gasteiger partial charge is 0.452 e. The zero-order valence-electron chi connectivity index (χ0n) is 15.6. The molecule has 0 aliphatic carbocycles. The fourth-order valence-electron chi connectivity index (χ4n) is 3.18. The number of nitro groups is 1. The lowest BCUT2D eigenvalue weighted by Gasteiger charge is -2.17. The zero-order valence-corrected chi connectivity index (χ0v) is 15.6. The third-order valence-corrected chi connectivity index (χ3v) is 4.62. The summed E-state index contributed by atoms with van der Waals surface area (Å²) in [6.07, 6.45) is 1.54. The lowest BCUT2D eigenvalue weighted by Crippen LogP contribution is -2.12. The van der Waals surface area contributed by atoms with Crippen LogP contribution in [0.1, 0.15) is 5.56 Å². The molecule has 0 aliphatic heterocycles. The van der Waals surface area contributed by atoms with Crippen LogP contribution in [0.15, 0.2) is 71.7 Å². The number of non-ortho nitro benzene ring substituents is 1. The summed E-state index contributed by atoms with van der Waals surface area (Å²) in [5, 5.41) is 11.8. The monoisotopic (exact) mass is 408 g/mol. The molecule has 0 aliphatic rings. The molecule has 0 radical (unpaired) electrons. The molecular formula is C22H14F2N2O4. The average Bonchev–Trinajstić information content (AvgIpc) is 2.73. The van der Waals surface area contributed by atoms with Gasteiger partial charge >= 0.3 is 0 Å². The van der Waals surface area contributed by atoms with Crippen molar-refractivity contribution >= 4 is 16.6 Å². The maximum atomic E-state index is 14.1. The molecular weight excluding hydrogens is 394 g/mol. The minimum Gasteiger partial charge on any atom is -0.452 e. The number of rotatable bonds is 4. The molecule has 0 saturated heterocycles. The van der Waals surface area contributed by atoms with E-state index < -0.39 is 16.6 Å². The van der Waals surface area contributed by atoms with Gasteiger partial charge in [-0.15, -0.1) is 0 Å². The number of hydrogen-bond acceptors (Lipinski definition) is 4. The number of nitro benzene ring substituents is 1. The van der Waals surface area contributed by atoms with Crippen molar-refractivity contribution in [1.82, 2.24) is 4.57 Å². The molecule has 0 amide bonds. The second kappa shape index (κ2) is 7.40. The number of benzene rings is 3. The minimum absolute atomic E-state index is 0.0966. The lowest BCUT2D eigenvalue weighted by molar-refractivity contribution is -0.384. The highest BCUT2D eigenvalue weighted by Gasteiger charge is 2.18. The van der Waals surface area contributed by atoms with E-state index in [2.05, 4.69) is 0 Å². The lowest BCUT2D eigenvalue weighted by atomic mass is 10.1. The number of aromatic nitrogens is 1. The molecule has 1 heterocycles. The van der Waals surface area contributed by atoms with E-state index in [4.69, 9.17) is 4.74 Å². The number of ether oxygens (including phenoxy) is 1. The first kappa shape index (κ1) is 19.3. The van der Waals surface area contributed by atoms with Crippen LogP contribution < -0.4 is 10.2 Å². The van der Waals surface area contributed by atoms with Crippen molar-refractivity contribution < 1.29 is 18.4 Å². The van der Waals surface area contributed by atoms with Gasteiger partial charge in [-0.3, -0.25) is 14.9 Å². The van der Waals surface area contributed by atoms with Crippen LogP contribution in [0.5, 0.6) is 11.5 Å². The van der Waals surface area contributed by atoms with Gasteiger partial charge in [-0.1, -0.05) is 12.1 Å². The van der Waals surface area contributed by atoms with E-state index in [1.807, 2.05) is 0 Å². The summed E-state index contributed by atoms with van der Waals surface area (Å²) in [6.45, 7) is 1.63. The van der Waals surface area contributed by atoms with Crippen LogP contribution in [-0.4, -0.2) is 9.49 Å². The van der Waals surface area contributed by atoms with E-state index in [9.17, 15) is 23.7 Å². The predicted octanol–water partition coefficient (Wildman–Crippen LogP) is 5.28. The summed E-state index contributed by atoms with van der Waals surface area (Å²) in [7, 11) is 0. The van der Waals surface area contributed by atoms with Gasteiger partial charge in [0, 0.05) is 35.3 Å². The van der Waals surface area contributed by atoms with Crippen LogP contribution in [0.3, 0.4) is 0 Å². The summed E-state index contributed by atoms with van der Waals surface area (Å²) in [6, 6.07) is 13.5. The van der Waals surface area contributed by atoms with Crippen molar-refractivity contribution in [3.05, 3.63) is 104 Å². The Bertz CT molecular complexity index is 1370. The van der Waals surface area contributed by atoms with Crippen molar-refractivity contribution in [1.29, 1.82) is 0 Å². The second-order valence-corrected chi connectivity index (χ2v) is 6.61. The van der Waals surface area contributed by atoms with Gasteiger partial charge in [-0.25, -0.2) is 8.78 Å². The molecule has 4 aromatic rings. The second-order valence-electron chi connectivity index (χ2n) is 6.61. The summed E-state index contributed by atoms with van der Waals surface area (Å²) >= 11 is 0. The van der Waals surface area contributed by atoms with Gasteiger partial charge in [0.05, 0.1) is 16.1 Å². The number of nitrogens with zero attached hydrogens (tertiary/aromatic N) is 2. The molecule has 0 spiro atoms. The molecule has 0 unspecified atom stereocenters. The summed E-state index contributed by atoms with van der Waals surface area (Å²) < 4.78 is 34.6. The standard InChI is InChI=1S/C22H14F2N2O4/c1-13-12-25(18-5-3-2-4-16(18)22(13)27)19-11-15(26(28)29)7-9-21(19)30-20-8-6-14(23)10-17(20)24/h2-12H,1H3. The van der Waals surface area contributed by atoms with E-state index in [0.717, 1.165) is 12.1 Å². The highest BCUT2D eigenvalue weighted by atomic mass is 19.1. The minimum atomic E-state index is -0.916. The highest BCUT2D eigenvalue weighted by molar-refractivity contribution is 5.82. The molecule has 3 aromatic carbocycles. The molecule has 0 bridgehead atoms. The molecule has 0 N–H and O–H groups in total. The summed E-state index contributed by atoms with van der Waals surface area (Å²) in [4.78, 5) is 23.3. The van der Waals surface area contributed by atoms with Gasteiger partial charge in [0.15, 0.2) is 22.7 Å². The molecule has 0 fully saturated rings. The number of para-hydroxylation sites is 1. The van der Waals surface area contributed by atoms with Gasteiger partial charge in [0.1, 0.15) is 5.82 Å². The first-order valence-electron chi connectivity index (χ1n) is 8.88. The fourth-order valence-corrected chi connectivity index (χ4v) is 3.18. The molecule has 8 heteroatoms. The molecule has 150 valence electrons. The summed E-state index contributed by atoms with van der Waals surface area (Å²) in [5.41, 5.74) is 0.765. The van der Waals surface area contributed by atoms with Crippen LogP contribution in [0.25, 0.3) is 16.6 Å². The van der Waals surface area contributed by atoms with E-state index in [-0.39, 0.29) is 28.3 Å². The maximum absolute atomic E-state index is 14.1. The molecule has 4 rings (SSSR count). The van der Waals surface area contributed by atoms with Crippen molar-refractivity contribution in [2.24, 2.45) is 0 Å². The van der Waals surface area contributed by atoms with E-state index >= 15 is 0 Å². The van der Waals surface area contributed by atoms with Crippen LogP contribution in [0.4, 0.5) is 14.5 Å². The number of hydrogen-bond donors (Lipinski definition) is 0. The van der Waals surface area contributed by atoms with E-state index in [1.54, 1.807) is 35.8 Å². The number of fused-ring (bicyclic) bond motifs is 1. The first-order chi connectivity index (χ1) is 14.3. The van der Waals surface area contributed by atoms with Crippen molar-refractivity contribution in [3.8, 4) is 17.2 Å². The van der Waals surface area contributed by atoms with E-state index in [1.165, 1.54) is 24.4 Å². The topological polar surface area (TPSA) is 74.4 Å².